The van der Waals surface area contributed by atoms with Crippen LogP contribution in [0.2, 0.25) is 0 Å². The van der Waals surface area contributed by atoms with Crippen molar-refractivity contribution in [2.24, 2.45) is 0 Å². The van der Waals surface area contributed by atoms with Crippen LogP contribution in [0.3, 0.4) is 0 Å². The van der Waals surface area contributed by atoms with Crippen LogP contribution >= 0.6 is 0 Å². The lowest BCUT2D eigenvalue weighted by atomic mass is 10.1. The van der Waals surface area contributed by atoms with E-state index >= 15 is 0 Å². The van der Waals surface area contributed by atoms with E-state index in [4.69, 9.17) is 0 Å². The van der Waals surface area contributed by atoms with Crippen LogP contribution in [0.1, 0.15) is 33.1 Å². The quantitative estimate of drug-likeness (QED) is 0.761. The van der Waals surface area contributed by atoms with Crippen LogP contribution in [0.15, 0.2) is 30.3 Å². The van der Waals surface area contributed by atoms with E-state index in [1.165, 1.54) is 0 Å². The Morgan fingerprint density at radius 1 is 1.24 bits per heavy atom. The molecule has 1 unspecified atom stereocenters. The highest BCUT2D eigenvalue weighted by Crippen LogP contribution is 2.04. The summed E-state index contributed by atoms with van der Waals surface area (Å²) in [5, 5.41) is 6.14. The lowest BCUT2D eigenvalue weighted by Crippen LogP contribution is -2.37. The fourth-order valence-electron chi connectivity index (χ4n) is 1.74. The van der Waals surface area contributed by atoms with Crippen molar-refractivity contribution in [2.75, 3.05) is 11.9 Å². The van der Waals surface area contributed by atoms with Crippen LogP contribution in [0.5, 0.6) is 0 Å². The molecule has 1 atom stereocenters. The van der Waals surface area contributed by atoms with Gasteiger partial charge >= 0.3 is 0 Å². The molecule has 0 aliphatic rings. The van der Waals surface area contributed by atoms with Crippen molar-refractivity contribution in [3.05, 3.63) is 30.3 Å². The first-order chi connectivity index (χ1) is 8.26. The summed E-state index contributed by atoms with van der Waals surface area (Å²) in [6.45, 7) is 4.58. The molecule has 2 N–H and O–H groups in total. The summed E-state index contributed by atoms with van der Waals surface area (Å²) < 4.78 is 0. The molecule has 0 aliphatic heterocycles. The number of benzene rings is 1. The lowest BCUT2D eigenvalue weighted by Gasteiger charge is -2.16. The largest absolute Gasteiger partial charge is 0.376 e. The molecule has 0 saturated heterocycles. The molecular weight excluding hydrogens is 212 g/mol. The summed E-state index contributed by atoms with van der Waals surface area (Å²) in [6, 6.07) is 10.1. The Morgan fingerprint density at radius 2 is 1.94 bits per heavy atom. The standard InChI is InChI=1S/C14H22N2O/c1-3-8-12(4-2)16-14(17)11-15-13-9-6-5-7-10-13/h5-7,9-10,12,15H,3-4,8,11H2,1-2H3,(H,16,17). The Hall–Kier alpha value is -1.51. The minimum atomic E-state index is 0.0640. The number of rotatable bonds is 7. The number of anilines is 1. The minimum absolute atomic E-state index is 0.0640. The first-order valence-electron chi connectivity index (χ1n) is 6.34. The topological polar surface area (TPSA) is 41.1 Å². The van der Waals surface area contributed by atoms with Gasteiger partial charge in [-0.3, -0.25) is 4.79 Å². The van der Waals surface area contributed by atoms with Crippen LogP contribution < -0.4 is 10.6 Å². The second-order valence-corrected chi connectivity index (χ2v) is 4.18. The Kier molecular flexibility index (Phi) is 6.15. The molecule has 0 aromatic heterocycles. The highest BCUT2D eigenvalue weighted by atomic mass is 16.1. The summed E-state index contributed by atoms with van der Waals surface area (Å²) in [4.78, 5) is 11.7. The van der Waals surface area contributed by atoms with Crippen molar-refractivity contribution in [3.63, 3.8) is 0 Å². The second-order valence-electron chi connectivity index (χ2n) is 4.18. The summed E-state index contributed by atoms with van der Waals surface area (Å²) in [7, 11) is 0. The third-order valence-electron chi connectivity index (χ3n) is 2.72. The van der Waals surface area contributed by atoms with Gasteiger partial charge in [0.2, 0.25) is 5.91 Å². The van der Waals surface area contributed by atoms with Crippen molar-refractivity contribution in [1.29, 1.82) is 0 Å². The van der Waals surface area contributed by atoms with Gasteiger partial charge in [0.25, 0.3) is 0 Å². The Labute approximate surface area is 104 Å². The first kappa shape index (κ1) is 13.6. The number of para-hydroxylation sites is 1. The average Bonchev–Trinajstić information content (AvgIpc) is 2.37. The van der Waals surface area contributed by atoms with Gasteiger partial charge in [0.05, 0.1) is 6.54 Å². The van der Waals surface area contributed by atoms with E-state index < -0.39 is 0 Å². The molecule has 1 aromatic carbocycles. The Morgan fingerprint density at radius 3 is 2.53 bits per heavy atom. The summed E-state index contributed by atoms with van der Waals surface area (Å²) in [5.74, 6) is 0.0640. The van der Waals surface area contributed by atoms with E-state index in [2.05, 4.69) is 24.5 Å². The maximum absolute atomic E-state index is 11.7. The normalized spacial score (nSPS) is 11.9. The predicted molar refractivity (Wildman–Crippen MR) is 72.1 cm³/mol. The molecule has 94 valence electrons. The average molecular weight is 234 g/mol. The predicted octanol–water partition coefficient (Wildman–Crippen LogP) is 2.79. The SMILES string of the molecule is CCCC(CC)NC(=O)CNc1ccccc1. The maximum Gasteiger partial charge on any atom is 0.239 e. The number of carbonyl (C=O) groups excluding carboxylic acids is 1. The van der Waals surface area contributed by atoms with E-state index in [1.807, 2.05) is 30.3 Å². The van der Waals surface area contributed by atoms with Crippen LogP contribution in [0, 0.1) is 0 Å². The van der Waals surface area contributed by atoms with E-state index in [-0.39, 0.29) is 5.91 Å². The zero-order chi connectivity index (χ0) is 12.5. The third-order valence-corrected chi connectivity index (χ3v) is 2.72. The van der Waals surface area contributed by atoms with Crippen LogP contribution in [0.4, 0.5) is 5.69 Å². The lowest BCUT2D eigenvalue weighted by molar-refractivity contribution is -0.120. The van der Waals surface area contributed by atoms with Gasteiger partial charge in [-0.2, -0.15) is 0 Å². The molecule has 0 aliphatic carbocycles. The fourth-order valence-corrected chi connectivity index (χ4v) is 1.74. The number of nitrogens with one attached hydrogen (secondary N) is 2. The van der Waals surface area contributed by atoms with E-state index in [0.717, 1.165) is 24.9 Å². The van der Waals surface area contributed by atoms with E-state index in [1.54, 1.807) is 0 Å². The first-order valence-corrected chi connectivity index (χ1v) is 6.34. The van der Waals surface area contributed by atoms with Crippen molar-refractivity contribution >= 4 is 11.6 Å². The summed E-state index contributed by atoms with van der Waals surface area (Å²) in [5.41, 5.74) is 0.978. The third kappa shape index (κ3) is 5.38. The van der Waals surface area contributed by atoms with Crippen molar-refractivity contribution in [1.82, 2.24) is 5.32 Å². The van der Waals surface area contributed by atoms with Crippen molar-refractivity contribution in [3.8, 4) is 0 Å². The number of amides is 1. The molecule has 3 heteroatoms. The van der Waals surface area contributed by atoms with Gasteiger partial charge in [0.1, 0.15) is 0 Å². The van der Waals surface area contributed by atoms with Gasteiger partial charge in [-0.15, -0.1) is 0 Å². The molecular formula is C14H22N2O. The smallest absolute Gasteiger partial charge is 0.239 e. The van der Waals surface area contributed by atoms with Gasteiger partial charge in [0.15, 0.2) is 0 Å². The Bertz CT molecular complexity index is 324. The molecule has 17 heavy (non-hydrogen) atoms. The van der Waals surface area contributed by atoms with Gasteiger partial charge < -0.3 is 10.6 Å². The second kappa shape index (κ2) is 7.71. The summed E-state index contributed by atoms with van der Waals surface area (Å²) in [6.07, 6.45) is 3.14. The monoisotopic (exact) mass is 234 g/mol. The van der Waals surface area contributed by atoms with Crippen molar-refractivity contribution < 1.29 is 4.79 Å². The zero-order valence-corrected chi connectivity index (χ0v) is 10.7. The van der Waals surface area contributed by atoms with E-state index in [0.29, 0.717) is 12.6 Å². The van der Waals surface area contributed by atoms with Crippen molar-refractivity contribution in [2.45, 2.75) is 39.2 Å². The number of hydrogen-bond donors (Lipinski definition) is 2. The van der Waals surface area contributed by atoms with Gasteiger partial charge in [-0.05, 0) is 25.0 Å². The molecule has 0 saturated carbocycles. The van der Waals surface area contributed by atoms with Gasteiger partial charge in [-0.1, -0.05) is 38.5 Å². The fraction of sp³-hybridized carbons (Fsp3) is 0.500. The number of carbonyl (C=O) groups is 1. The van der Waals surface area contributed by atoms with Gasteiger partial charge in [-0.25, -0.2) is 0 Å². The molecule has 3 nitrogen and oxygen atoms in total. The van der Waals surface area contributed by atoms with Crippen LogP contribution in [0.25, 0.3) is 0 Å². The number of hydrogen-bond acceptors (Lipinski definition) is 2. The molecule has 0 spiro atoms. The van der Waals surface area contributed by atoms with Crippen LogP contribution in [-0.4, -0.2) is 18.5 Å². The minimum Gasteiger partial charge on any atom is -0.376 e. The molecule has 0 fully saturated rings. The summed E-state index contributed by atoms with van der Waals surface area (Å²) >= 11 is 0. The van der Waals surface area contributed by atoms with E-state index in [9.17, 15) is 4.79 Å². The molecule has 0 bridgehead atoms. The zero-order valence-electron chi connectivity index (χ0n) is 10.7. The van der Waals surface area contributed by atoms with Crippen LogP contribution in [-0.2, 0) is 4.79 Å². The molecule has 0 heterocycles. The molecule has 1 amide bonds. The highest BCUT2D eigenvalue weighted by Gasteiger charge is 2.08. The van der Waals surface area contributed by atoms with Gasteiger partial charge in [0, 0.05) is 11.7 Å². The Balaban J connectivity index is 2.30. The molecule has 1 aromatic rings. The highest BCUT2D eigenvalue weighted by molar-refractivity contribution is 5.80. The molecule has 0 radical (unpaired) electrons. The maximum atomic E-state index is 11.7. The molecule has 1 rings (SSSR count).